The van der Waals surface area contributed by atoms with Crippen LogP contribution in [-0.2, 0) is 4.74 Å². The van der Waals surface area contributed by atoms with E-state index in [0.29, 0.717) is 36.0 Å². The number of anilines is 1. The van der Waals surface area contributed by atoms with E-state index in [-0.39, 0.29) is 11.7 Å². The van der Waals surface area contributed by atoms with Crippen molar-refractivity contribution < 1.29 is 13.9 Å². The predicted molar refractivity (Wildman–Crippen MR) is 124 cm³/mol. The van der Waals surface area contributed by atoms with Crippen LogP contribution in [0.4, 0.5) is 10.1 Å². The molecule has 2 aromatic heterocycles. The number of methoxy groups -OCH3 is 1. The Morgan fingerprint density at radius 1 is 1.00 bits per heavy atom. The number of hydrogen-bond acceptors (Lipinski definition) is 7. The summed E-state index contributed by atoms with van der Waals surface area (Å²) in [6.45, 7) is 5.09. The number of aromatic nitrogens is 4. The second kappa shape index (κ2) is 9.07. The zero-order valence-electron chi connectivity index (χ0n) is 18.5. The molecule has 2 aromatic carbocycles. The molecule has 0 bridgehead atoms. The summed E-state index contributed by atoms with van der Waals surface area (Å²) in [5.74, 6) is 0.765. The van der Waals surface area contributed by atoms with Crippen LogP contribution in [0, 0.1) is 5.82 Å². The van der Waals surface area contributed by atoms with Crippen molar-refractivity contribution in [2.75, 3.05) is 38.3 Å². The van der Waals surface area contributed by atoms with Crippen LogP contribution in [0.2, 0.25) is 0 Å². The van der Waals surface area contributed by atoms with E-state index < -0.39 is 0 Å². The van der Waals surface area contributed by atoms with Crippen LogP contribution < -0.4 is 9.64 Å². The van der Waals surface area contributed by atoms with Crippen molar-refractivity contribution >= 4 is 16.6 Å². The number of hydrogen-bond donors (Lipinski definition) is 0. The Morgan fingerprint density at radius 3 is 2.55 bits per heavy atom. The Hall–Kier alpha value is -3.65. The summed E-state index contributed by atoms with van der Waals surface area (Å²) in [4.78, 5) is 19.9. The molecule has 33 heavy (non-hydrogen) atoms. The lowest BCUT2D eigenvalue weighted by Gasteiger charge is -2.29. The molecule has 168 valence electrons. The normalized spacial score (nSPS) is 14.9. The molecule has 0 amide bonds. The Morgan fingerprint density at radius 2 is 1.79 bits per heavy atom. The van der Waals surface area contributed by atoms with Crippen LogP contribution in [0.5, 0.6) is 5.75 Å². The van der Waals surface area contributed by atoms with Gasteiger partial charge in [0.15, 0.2) is 5.75 Å². The van der Waals surface area contributed by atoms with Crippen LogP contribution in [0.15, 0.2) is 55.1 Å². The number of benzene rings is 2. The van der Waals surface area contributed by atoms with E-state index >= 15 is 0 Å². The van der Waals surface area contributed by atoms with E-state index in [0.717, 1.165) is 35.2 Å². The molecule has 1 fully saturated rings. The first-order valence-electron chi connectivity index (χ1n) is 10.9. The number of rotatable bonds is 5. The largest absolute Gasteiger partial charge is 0.494 e. The van der Waals surface area contributed by atoms with Crippen LogP contribution in [0.3, 0.4) is 0 Å². The zero-order chi connectivity index (χ0) is 22.8. The summed E-state index contributed by atoms with van der Waals surface area (Å²) in [6.07, 6.45) is 4.75. The molecular formula is C25H24FN5O2. The molecule has 1 aliphatic heterocycles. The topological polar surface area (TPSA) is 73.3 Å². The lowest BCUT2D eigenvalue weighted by atomic mass is 9.95. The molecule has 1 saturated heterocycles. The fourth-order valence-electron chi connectivity index (χ4n) is 4.08. The lowest BCUT2D eigenvalue weighted by molar-refractivity contribution is 0.122. The van der Waals surface area contributed by atoms with Gasteiger partial charge in [-0.3, -0.25) is 0 Å². The summed E-state index contributed by atoms with van der Waals surface area (Å²) >= 11 is 0. The first kappa shape index (κ1) is 21.2. The van der Waals surface area contributed by atoms with Crippen LogP contribution >= 0.6 is 0 Å². The standard InChI is InChI=1S/C25H24FN5O2/c1-16(25-27-13-19(32-2)14-28-25)17-3-6-22(26)21(11-17)24-20-5-4-18(12-23(20)29-15-30-24)31-7-9-33-10-8-31/h3-6,11-16H,7-10H2,1-2H3. The first-order valence-corrected chi connectivity index (χ1v) is 10.9. The molecule has 5 rings (SSSR count). The summed E-state index contributed by atoms with van der Waals surface area (Å²) in [5.41, 5.74) is 3.75. The minimum atomic E-state index is -0.334. The Bertz CT molecular complexity index is 1280. The SMILES string of the molecule is COc1cnc(C(C)c2ccc(F)c(-c3ncnc4cc(N5CCOCC5)ccc34)c2)nc1. The van der Waals surface area contributed by atoms with E-state index in [1.54, 1.807) is 25.6 Å². The quantitative estimate of drug-likeness (QED) is 0.455. The molecule has 0 radical (unpaired) electrons. The van der Waals surface area contributed by atoms with Gasteiger partial charge >= 0.3 is 0 Å². The van der Waals surface area contributed by atoms with Crippen molar-refractivity contribution in [3.05, 3.63) is 72.3 Å². The first-order chi connectivity index (χ1) is 16.1. The van der Waals surface area contributed by atoms with Crippen molar-refractivity contribution in [1.29, 1.82) is 0 Å². The molecule has 1 unspecified atom stereocenters. The Labute approximate surface area is 191 Å². The molecule has 3 heterocycles. The van der Waals surface area contributed by atoms with Crippen molar-refractivity contribution in [3.8, 4) is 17.0 Å². The summed E-state index contributed by atoms with van der Waals surface area (Å²) in [6, 6.07) is 11.1. The monoisotopic (exact) mass is 445 g/mol. The number of fused-ring (bicyclic) bond motifs is 1. The fourth-order valence-corrected chi connectivity index (χ4v) is 4.08. The third-order valence-corrected chi connectivity index (χ3v) is 6.01. The molecule has 0 aliphatic carbocycles. The van der Waals surface area contributed by atoms with Gasteiger partial charge in [0.1, 0.15) is 18.0 Å². The third kappa shape index (κ3) is 4.21. The van der Waals surface area contributed by atoms with Crippen LogP contribution in [-0.4, -0.2) is 53.3 Å². The zero-order valence-corrected chi connectivity index (χ0v) is 18.5. The molecule has 0 spiro atoms. The van der Waals surface area contributed by atoms with Gasteiger partial charge in [-0.1, -0.05) is 13.0 Å². The van der Waals surface area contributed by atoms with Crippen molar-refractivity contribution in [3.63, 3.8) is 0 Å². The maximum Gasteiger partial charge on any atom is 0.155 e. The third-order valence-electron chi connectivity index (χ3n) is 6.01. The predicted octanol–water partition coefficient (Wildman–Crippen LogP) is 4.22. The number of halogens is 1. The minimum absolute atomic E-state index is 0.128. The van der Waals surface area contributed by atoms with E-state index in [2.05, 4.69) is 24.8 Å². The van der Waals surface area contributed by atoms with Gasteiger partial charge in [0.25, 0.3) is 0 Å². The molecule has 4 aromatic rings. The summed E-state index contributed by atoms with van der Waals surface area (Å²) in [5, 5.41) is 0.805. The van der Waals surface area contributed by atoms with Gasteiger partial charge in [-0.25, -0.2) is 24.3 Å². The fraction of sp³-hybridized carbons (Fsp3) is 0.280. The van der Waals surface area contributed by atoms with Gasteiger partial charge in [-0.05, 0) is 35.9 Å². The van der Waals surface area contributed by atoms with Gasteiger partial charge in [0.2, 0.25) is 0 Å². The van der Waals surface area contributed by atoms with E-state index in [9.17, 15) is 4.39 Å². The van der Waals surface area contributed by atoms with Crippen LogP contribution in [0.25, 0.3) is 22.2 Å². The molecule has 1 aliphatic rings. The molecule has 0 N–H and O–H groups in total. The smallest absolute Gasteiger partial charge is 0.155 e. The van der Waals surface area contributed by atoms with Crippen molar-refractivity contribution in [2.45, 2.75) is 12.8 Å². The molecule has 7 nitrogen and oxygen atoms in total. The number of morpholine rings is 1. The second-order valence-electron chi connectivity index (χ2n) is 7.97. The summed E-state index contributed by atoms with van der Waals surface area (Å²) < 4.78 is 25.6. The maximum absolute atomic E-state index is 15.0. The number of ether oxygens (including phenoxy) is 2. The minimum Gasteiger partial charge on any atom is -0.494 e. The summed E-state index contributed by atoms with van der Waals surface area (Å²) in [7, 11) is 1.57. The lowest BCUT2D eigenvalue weighted by Crippen LogP contribution is -2.36. The van der Waals surface area contributed by atoms with Gasteiger partial charge in [-0.15, -0.1) is 0 Å². The van der Waals surface area contributed by atoms with Gasteiger partial charge in [0, 0.05) is 35.6 Å². The highest BCUT2D eigenvalue weighted by Crippen LogP contribution is 2.33. The van der Waals surface area contributed by atoms with E-state index in [1.807, 2.05) is 31.2 Å². The van der Waals surface area contributed by atoms with Crippen LogP contribution in [0.1, 0.15) is 24.2 Å². The van der Waals surface area contributed by atoms with Gasteiger partial charge in [-0.2, -0.15) is 0 Å². The average Bonchev–Trinajstić information content (AvgIpc) is 2.88. The van der Waals surface area contributed by atoms with E-state index in [1.165, 1.54) is 12.4 Å². The highest BCUT2D eigenvalue weighted by Gasteiger charge is 2.18. The molecule has 8 heteroatoms. The van der Waals surface area contributed by atoms with Crippen molar-refractivity contribution in [2.24, 2.45) is 0 Å². The molecule has 0 saturated carbocycles. The maximum atomic E-state index is 15.0. The highest BCUT2D eigenvalue weighted by atomic mass is 19.1. The highest BCUT2D eigenvalue weighted by molar-refractivity contribution is 5.94. The average molecular weight is 445 g/mol. The van der Waals surface area contributed by atoms with Crippen molar-refractivity contribution in [1.82, 2.24) is 19.9 Å². The Balaban J connectivity index is 1.52. The van der Waals surface area contributed by atoms with Gasteiger partial charge in [0.05, 0.1) is 43.9 Å². The second-order valence-corrected chi connectivity index (χ2v) is 7.97. The molecular weight excluding hydrogens is 421 g/mol. The van der Waals surface area contributed by atoms with Gasteiger partial charge < -0.3 is 14.4 Å². The number of nitrogens with zero attached hydrogens (tertiary/aromatic N) is 5. The molecule has 1 atom stereocenters. The van der Waals surface area contributed by atoms with E-state index in [4.69, 9.17) is 9.47 Å². The Kier molecular flexibility index (Phi) is 5.83.